The van der Waals surface area contributed by atoms with Crippen molar-refractivity contribution in [1.82, 2.24) is 0 Å². The summed E-state index contributed by atoms with van der Waals surface area (Å²) in [6, 6.07) is 5.83. The highest BCUT2D eigenvalue weighted by Crippen LogP contribution is 2.17. The van der Waals surface area contributed by atoms with Crippen LogP contribution in [-0.2, 0) is 4.79 Å². The van der Waals surface area contributed by atoms with Gasteiger partial charge >= 0.3 is 5.97 Å². The van der Waals surface area contributed by atoms with E-state index < -0.39 is 17.9 Å². The Morgan fingerprint density at radius 2 is 1.95 bits per heavy atom. The normalized spacial score (nSPS) is 11.8. The van der Waals surface area contributed by atoms with Gasteiger partial charge in [-0.1, -0.05) is 12.1 Å². The third-order valence-electron chi connectivity index (χ3n) is 2.77. The number of hydrogen-bond donors (Lipinski definition) is 4. The number of carbonyl (C=O) groups is 2. The van der Waals surface area contributed by atoms with Crippen LogP contribution < -0.4 is 16.8 Å². The van der Waals surface area contributed by atoms with Gasteiger partial charge in [0, 0.05) is 5.69 Å². The lowest BCUT2D eigenvalue weighted by Crippen LogP contribution is -2.30. The maximum absolute atomic E-state index is 11.3. The second kappa shape index (κ2) is 7.38. The Morgan fingerprint density at radius 1 is 1.26 bits per heavy atom. The Balaban J connectivity index is 2.79. The van der Waals surface area contributed by atoms with Gasteiger partial charge in [-0.2, -0.15) is 0 Å². The van der Waals surface area contributed by atoms with Crippen LogP contribution in [0, 0.1) is 0 Å². The lowest BCUT2D eigenvalue weighted by molar-refractivity contribution is -0.138. The van der Waals surface area contributed by atoms with E-state index in [9.17, 15) is 9.59 Å². The molecule has 104 valence electrons. The van der Waals surface area contributed by atoms with Gasteiger partial charge in [-0.05, 0) is 37.9 Å². The molecule has 1 rings (SSSR count). The Kier molecular flexibility index (Phi) is 5.81. The molecule has 1 aromatic carbocycles. The molecule has 1 unspecified atom stereocenters. The van der Waals surface area contributed by atoms with Crippen molar-refractivity contribution in [3.8, 4) is 0 Å². The number of carboxylic acids is 1. The number of rotatable bonds is 8. The second-order valence-electron chi connectivity index (χ2n) is 4.23. The first kappa shape index (κ1) is 15.0. The van der Waals surface area contributed by atoms with Crippen LogP contribution >= 0.6 is 0 Å². The summed E-state index contributed by atoms with van der Waals surface area (Å²) in [6.45, 7) is 0.532. The van der Waals surface area contributed by atoms with Gasteiger partial charge in [-0.15, -0.1) is 0 Å². The zero-order valence-corrected chi connectivity index (χ0v) is 10.6. The molecular weight excluding hydrogens is 246 g/mol. The number of benzene rings is 1. The fourth-order valence-electron chi connectivity index (χ4n) is 1.76. The van der Waals surface area contributed by atoms with Crippen LogP contribution in [0.3, 0.4) is 0 Å². The molecule has 6 nitrogen and oxygen atoms in total. The molecule has 0 heterocycles. The number of nitrogens with two attached hydrogens (primary N) is 2. The predicted molar refractivity (Wildman–Crippen MR) is 72.9 cm³/mol. The molecule has 6 heteroatoms. The van der Waals surface area contributed by atoms with Crippen molar-refractivity contribution in [1.29, 1.82) is 0 Å². The lowest BCUT2D eigenvalue weighted by atomic mass is 10.1. The molecule has 1 amide bonds. The van der Waals surface area contributed by atoms with Crippen molar-refractivity contribution < 1.29 is 14.7 Å². The number of carboxylic acid groups (broad SMARTS) is 1. The Morgan fingerprint density at radius 3 is 2.53 bits per heavy atom. The molecular formula is C13H19N3O3. The van der Waals surface area contributed by atoms with Gasteiger partial charge in [0.2, 0.25) is 0 Å². The molecule has 0 fully saturated rings. The number of primary amides is 1. The molecule has 0 bridgehead atoms. The molecule has 0 spiro atoms. The first-order chi connectivity index (χ1) is 9.06. The van der Waals surface area contributed by atoms with Gasteiger partial charge in [0.1, 0.15) is 6.04 Å². The summed E-state index contributed by atoms with van der Waals surface area (Å²) in [5.41, 5.74) is 11.3. The van der Waals surface area contributed by atoms with Crippen LogP contribution in [0.25, 0.3) is 0 Å². The highest BCUT2D eigenvalue weighted by atomic mass is 16.4. The molecule has 0 saturated carbocycles. The fraction of sp³-hybridized carbons (Fsp3) is 0.385. The van der Waals surface area contributed by atoms with Gasteiger partial charge in [-0.25, -0.2) is 4.79 Å². The molecule has 0 aromatic heterocycles. The Labute approximate surface area is 111 Å². The smallest absolute Gasteiger partial charge is 0.326 e. The molecule has 6 N–H and O–H groups in total. The Bertz CT molecular complexity index is 449. The quantitative estimate of drug-likeness (QED) is 0.518. The van der Waals surface area contributed by atoms with Crippen LogP contribution in [0.15, 0.2) is 24.3 Å². The minimum atomic E-state index is -0.962. The van der Waals surface area contributed by atoms with E-state index >= 15 is 0 Å². The number of anilines is 1. The van der Waals surface area contributed by atoms with Gasteiger partial charge in [0.05, 0.1) is 5.56 Å². The van der Waals surface area contributed by atoms with Crippen LogP contribution in [0.1, 0.15) is 29.6 Å². The van der Waals surface area contributed by atoms with E-state index in [1.54, 1.807) is 24.3 Å². The molecule has 0 aliphatic heterocycles. The maximum atomic E-state index is 11.3. The first-order valence-electron chi connectivity index (χ1n) is 6.14. The molecule has 19 heavy (non-hydrogen) atoms. The average molecular weight is 265 g/mol. The number of aliphatic carboxylic acids is 1. The van der Waals surface area contributed by atoms with Crippen molar-refractivity contribution in [2.75, 3.05) is 11.9 Å². The van der Waals surface area contributed by atoms with E-state index in [-0.39, 0.29) is 5.56 Å². The summed E-state index contributed by atoms with van der Waals surface area (Å²) in [6.07, 6.45) is 1.92. The summed E-state index contributed by atoms with van der Waals surface area (Å²) in [7, 11) is 0. The van der Waals surface area contributed by atoms with Crippen molar-refractivity contribution in [2.45, 2.75) is 25.3 Å². The number of nitrogens with one attached hydrogen (secondary N) is 1. The van der Waals surface area contributed by atoms with E-state index in [2.05, 4.69) is 5.32 Å². The third-order valence-corrected chi connectivity index (χ3v) is 2.77. The van der Waals surface area contributed by atoms with Crippen LogP contribution in [0.5, 0.6) is 0 Å². The van der Waals surface area contributed by atoms with Gasteiger partial charge in [0.25, 0.3) is 5.91 Å². The highest BCUT2D eigenvalue weighted by molar-refractivity contribution is 5.99. The summed E-state index contributed by atoms with van der Waals surface area (Å²) in [4.78, 5) is 22.4. The van der Waals surface area contributed by atoms with Crippen molar-refractivity contribution >= 4 is 17.6 Å². The first-order valence-corrected chi connectivity index (χ1v) is 6.14. The summed E-state index contributed by atoms with van der Waals surface area (Å²) in [5, 5.41) is 12.0. The number of para-hydroxylation sites is 1. The van der Waals surface area contributed by atoms with Crippen molar-refractivity contribution in [3.63, 3.8) is 0 Å². The van der Waals surface area contributed by atoms with Gasteiger partial charge in [0.15, 0.2) is 0 Å². The number of carbonyl (C=O) groups excluding carboxylic acids is 1. The van der Waals surface area contributed by atoms with Crippen molar-refractivity contribution in [3.05, 3.63) is 29.8 Å². The number of hydrogen-bond acceptors (Lipinski definition) is 4. The molecule has 0 aliphatic carbocycles. The topological polar surface area (TPSA) is 118 Å². The van der Waals surface area contributed by atoms with E-state index in [1.165, 1.54) is 0 Å². The fourth-order valence-corrected chi connectivity index (χ4v) is 1.76. The predicted octanol–water partition coefficient (Wildman–Crippen LogP) is 0.780. The molecule has 0 saturated heterocycles. The van der Waals surface area contributed by atoms with Crippen LogP contribution in [0.4, 0.5) is 5.69 Å². The monoisotopic (exact) mass is 265 g/mol. The van der Waals surface area contributed by atoms with E-state index in [1.807, 2.05) is 0 Å². The van der Waals surface area contributed by atoms with Gasteiger partial charge < -0.3 is 21.9 Å². The van der Waals surface area contributed by atoms with E-state index in [0.717, 1.165) is 6.42 Å². The third kappa shape index (κ3) is 4.59. The number of unbranched alkanes of at least 4 members (excludes halogenated alkanes) is 1. The van der Waals surface area contributed by atoms with Gasteiger partial charge in [-0.3, -0.25) is 4.79 Å². The molecule has 0 radical (unpaired) electrons. The minimum Gasteiger partial charge on any atom is -0.480 e. The van der Waals surface area contributed by atoms with Crippen LogP contribution in [-0.4, -0.2) is 29.6 Å². The molecule has 0 aliphatic rings. The highest BCUT2D eigenvalue weighted by Gasteiger charge is 2.18. The maximum Gasteiger partial charge on any atom is 0.326 e. The summed E-state index contributed by atoms with van der Waals surface area (Å²) in [5.74, 6) is -1.55. The summed E-state index contributed by atoms with van der Waals surface area (Å²) < 4.78 is 0. The number of amides is 1. The zero-order chi connectivity index (χ0) is 14.3. The minimum absolute atomic E-state index is 0.285. The van der Waals surface area contributed by atoms with E-state index in [4.69, 9.17) is 16.6 Å². The standard InChI is InChI=1S/C13H19N3O3/c14-8-4-3-7-11(13(18)19)16-10-6-2-1-5-9(10)12(15)17/h1-2,5-6,11,16H,3-4,7-8,14H2,(H2,15,17)(H,18,19). The largest absolute Gasteiger partial charge is 0.480 e. The molecule has 1 aromatic rings. The second-order valence-corrected chi connectivity index (χ2v) is 4.23. The zero-order valence-electron chi connectivity index (χ0n) is 10.6. The van der Waals surface area contributed by atoms with Crippen LogP contribution in [0.2, 0.25) is 0 Å². The summed E-state index contributed by atoms with van der Waals surface area (Å²) >= 11 is 0. The average Bonchev–Trinajstić information content (AvgIpc) is 2.38. The molecule has 1 atom stereocenters. The Hall–Kier alpha value is -2.08. The SMILES string of the molecule is NCCCCC(Nc1ccccc1C(N)=O)C(=O)O. The van der Waals surface area contributed by atoms with E-state index in [0.29, 0.717) is 25.1 Å². The van der Waals surface area contributed by atoms with Crippen molar-refractivity contribution in [2.24, 2.45) is 11.5 Å². The lowest BCUT2D eigenvalue weighted by Gasteiger charge is -2.17.